The van der Waals surface area contributed by atoms with Crippen LogP contribution in [0.1, 0.15) is 24.8 Å². The van der Waals surface area contributed by atoms with Gasteiger partial charge < -0.3 is 0 Å². The zero-order valence-corrected chi connectivity index (χ0v) is 9.27. The van der Waals surface area contributed by atoms with Gasteiger partial charge in [-0.25, -0.2) is 0 Å². The largest absolute Gasteiger partial charge is 0.294 e. The first kappa shape index (κ1) is 9.22. The van der Waals surface area contributed by atoms with Crippen LogP contribution in [-0.2, 0) is 11.2 Å². The van der Waals surface area contributed by atoms with Gasteiger partial charge in [-0.15, -0.1) is 0 Å². The van der Waals surface area contributed by atoms with E-state index in [0.29, 0.717) is 5.78 Å². The van der Waals surface area contributed by atoms with Crippen molar-refractivity contribution in [1.29, 1.82) is 0 Å². The van der Waals surface area contributed by atoms with E-state index in [9.17, 15) is 4.79 Å². The van der Waals surface area contributed by atoms with E-state index in [1.54, 1.807) is 11.8 Å². The van der Waals surface area contributed by atoms with Crippen LogP contribution >= 0.6 is 11.8 Å². The fourth-order valence-corrected chi connectivity index (χ4v) is 3.45. The number of thioether (sulfide) groups is 1. The Morgan fingerprint density at radius 3 is 2.93 bits per heavy atom. The molecule has 3 rings (SSSR count). The van der Waals surface area contributed by atoms with Gasteiger partial charge in [-0.3, -0.25) is 4.79 Å². The van der Waals surface area contributed by atoms with Gasteiger partial charge in [0, 0.05) is 11.3 Å². The van der Waals surface area contributed by atoms with Gasteiger partial charge in [0.15, 0.2) is 5.78 Å². The Morgan fingerprint density at radius 2 is 2.00 bits per heavy atom. The van der Waals surface area contributed by atoms with E-state index in [4.69, 9.17) is 0 Å². The molecule has 2 heteroatoms. The SMILES string of the molecule is O=C1CCCC2=C1Sc1ccccc1C2. The summed E-state index contributed by atoms with van der Waals surface area (Å²) in [4.78, 5) is 14.1. The van der Waals surface area contributed by atoms with Crippen LogP contribution in [0.25, 0.3) is 0 Å². The number of Topliss-reactive ketones (excluding diaryl/α,β-unsaturated/α-hetero) is 1. The lowest BCUT2D eigenvalue weighted by molar-refractivity contribution is -0.115. The molecule has 1 aliphatic carbocycles. The summed E-state index contributed by atoms with van der Waals surface area (Å²) < 4.78 is 0. The van der Waals surface area contributed by atoms with Crippen molar-refractivity contribution in [1.82, 2.24) is 0 Å². The van der Waals surface area contributed by atoms with Crippen LogP contribution < -0.4 is 0 Å². The average Bonchev–Trinajstić information content (AvgIpc) is 2.27. The Balaban J connectivity index is 2.04. The Labute approximate surface area is 93.6 Å². The maximum Gasteiger partial charge on any atom is 0.169 e. The molecule has 15 heavy (non-hydrogen) atoms. The average molecular weight is 216 g/mol. The van der Waals surface area contributed by atoms with Gasteiger partial charge in [0.2, 0.25) is 0 Å². The first-order valence-electron chi connectivity index (χ1n) is 5.35. The van der Waals surface area contributed by atoms with Crippen molar-refractivity contribution in [3.63, 3.8) is 0 Å². The van der Waals surface area contributed by atoms with Crippen LogP contribution in [0.5, 0.6) is 0 Å². The molecule has 0 aromatic heterocycles. The molecular weight excluding hydrogens is 204 g/mol. The topological polar surface area (TPSA) is 17.1 Å². The molecular formula is C13H12OS. The molecule has 0 saturated carbocycles. The lowest BCUT2D eigenvalue weighted by atomic mass is 9.93. The highest BCUT2D eigenvalue weighted by molar-refractivity contribution is 8.04. The van der Waals surface area contributed by atoms with Crippen LogP contribution in [0.2, 0.25) is 0 Å². The van der Waals surface area contributed by atoms with Gasteiger partial charge in [-0.05, 0) is 36.5 Å². The molecule has 0 amide bonds. The summed E-state index contributed by atoms with van der Waals surface area (Å²) >= 11 is 1.68. The van der Waals surface area contributed by atoms with Gasteiger partial charge in [0.25, 0.3) is 0 Å². The molecule has 0 atom stereocenters. The van der Waals surface area contributed by atoms with Crippen molar-refractivity contribution in [2.75, 3.05) is 0 Å². The van der Waals surface area contributed by atoms with Gasteiger partial charge in [0.05, 0.1) is 4.91 Å². The Kier molecular flexibility index (Phi) is 2.17. The summed E-state index contributed by atoms with van der Waals surface area (Å²) in [5, 5.41) is 0. The van der Waals surface area contributed by atoms with Gasteiger partial charge >= 0.3 is 0 Å². The van der Waals surface area contributed by atoms with Crippen molar-refractivity contribution in [3.05, 3.63) is 40.3 Å². The first-order chi connectivity index (χ1) is 7.34. The number of hydrogen-bond acceptors (Lipinski definition) is 2. The van der Waals surface area contributed by atoms with Crippen LogP contribution in [0.3, 0.4) is 0 Å². The van der Waals surface area contributed by atoms with E-state index in [1.807, 2.05) is 6.07 Å². The third-order valence-corrected chi connectivity index (χ3v) is 4.38. The summed E-state index contributed by atoms with van der Waals surface area (Å²) in [5.41, 5.74) is 2.76. The second kappa shape index (κ2) is 3.53. The number of benzene rings is 1. The lowest BCUT2D eigenvalue weighted by Crippen LogP contribution is -2.14. The van der Waals surface area contributed by atoms with E-state index in [0.717, 1.165) is 30.6 Å². The number of carbonyl (C=O) groups excluding carboxylic acids is 1. The van der Waals surface area contributed by atoms with Crippen LogP contribution in [0, 0.1) is 0 Å². The van der Waals surface area contributed by atoms with Crippen molar-refractivity contribution < 1.29 is 4.79 Å². The van der Waals surface area contributed by atoms with E-state index in [1.165, 1.54) is 16.0 Å². The minimum Gasteiger partial charge on any atom is -0.294 e. The van der Waals surface area contributed by atoms with Gasteiger partial charge in [-0.2, -0.15) is 0 Å². The second-order valence-electron chi connectivity index (χ2n) is 4.10. The minimum atomic E-state index is 0.357. The molecule has 0 saturated heterocycles. The molecule has 1 aliphatic heterocycles. The minimum absolute atomic E-state index is 0.357. The number of carbonyl (C=O) groups is 1. The summed E-state index contributed by atoms with van der Waals surface area (Å²) in [7, 11) is 0. The third kappa shape index (κ3) is 1.53. The summed E-state index contributed by atoms with van der Waals surface area (Å²) in [6, 6.07) is 8.41. The molecule has 0 N–H and O–H groups in total. The van der Waals surface area contributed by atoms with E-state index >= 15 is 0 Å². The summed E-state index contributed by atoms with van der Waals surface area (Å²) in [5.74, 6) is 0.357. The number of rotatable bonds is 0. The normalized spacial score (nSPS) is 19.9. The highest BCUT2D eigenvalue weighted by Gasteiger charge is 2.26. The smallest absolute Gasteiger partial charge is 0.169 e. The molecule has 1 aromatic carbocycles. The molecule has 0 spiro atoms. The number of fused-ring (bicyclic) bond motifs is 1. The standard InChI is InChI=1S/C13H12OS/c14-11-6-3-5-10-8-9-4-1-2-7-12(9)15-13(10)11/h1-2,4,7H,3,5-6,8H2. The Hall–Kier alpha value is -1.02. The summed E-state index contributed by atoms with van der Waals surface area (Å²) in [6.45, 7) is 0. The Bertz CT molecular complexity index is 459. The van der Waals surface area contributed by atoms with Crippen molar-refractivity contribution in [2.45, 2.75) is 30.6 Å². The molecule has 0 fully saturated rings. The molecule has 0 radical (unpaired) electrons. The zero-order chi connectivity index (χ0) is 10.3. The molecule has 1 heterocycles. The van der Waals surface area contributed by atoms with E-state index in [2.05, 4.69) is 18.2 Å². The van der Waals surface area contributed by atoms with Gasteiger partial charge in [-0.1, -0.05) is 30.0 Å². The highest BCUT2D eigenvalue weighted by Crippen LogP contribution is 2.42. The van der Waals surface area contributed by atoms with Gasteiger partial charge in [0.1, 0.15) is 0 Å². The third-order valence-electron chi connectivity index (χ3n) is 3.05. The number of ketones is 1. The molecule has 0 unspecified atom stereocenters. The predicted molar refractivity (Wildman–Crippen MR) is 61.9 cm³/mol. The molecule has 0 bridgehead atoms. The monoisotopic (exact) mass is 216 g/mol. The molecule has 76 valence electrons. The maximum atomic E-state index is 11.8. The van der Waals surface area contributed by atoms with Crippen molar-refractivity contribution >= 4 is 17.5 Å². The lowest BCUT2D eigenvalue weighted by Gasteiger charge is -2.24. The summed E-state index contributed by atoms with van der Waals surface area (Å²) in [6.07, 6.45) is 3.89. The van der Waals surface area contributed by atoms with Crippen molar-refractivity contribution in [2.24, 2.45) is 0 Å². The van der Waals surface area contributed by atoms with E-state index < -0.39 is 0 Å². The zero-order valence-electron chi connectivity index (χ0n) is 8.45. The quantitative estimate of drug-likeness (QED) is 0.661. The Morgan fingerprint density at radius 1 is 1.13 bits per heavy atom. The number of allylic oxidation sites excluding steroid dienone is 2. The number of hydrogen-bond donors (Lipinski definition) is 0. The fraction of sp³-hybridized carbons (Fsp3) is 0.308. The van der Waals surface area contributed by atoms with Crippen molar-refractivity contribution in [3.8, 4) is 0 Å². The second-order valence-corrected chi connectivity index (χ2v) is 5.15. The molecule has 2 aliphatic rings. The predicted octanol–water partition coefficient (Wildman–Crippen LogP) is 3.34. The molecule has 1 nitrogen and oxygen atoms in total. The fourth-order valence-electron chi connectivity index (χ4n) is 2.27. The van der Waals surface area contributed by atoms with Crippen LogP contribution in [0.15, 0.2) is 39.6 Å². The maximum absolute atomic E-state index is 11.8. The molecule has 1 aromatic rings. The highest BCUT2D eigenvalue weighted by atomic mass is 32.2. The van der Waals surface area contributed by atoms with Crippen LogP contribution in [-0.4, -0.2) is 5.78 Å². The van der Waals surface area contributed by atoms with E-state index in [-0.39, 0.29) is 0 Å². The van der Waals surface area contributed by atoms with Crippen LogP contribution in [0.4, 0.5) is 0 Å². The first-order valence-corrected chi connectivity index (χ1v) is 6.17.